The maximum Gasteiger partial charge on any atom is 0.166 e. The van der Waals surface area contributed by atoms with Gasteiger partial charge < -0.3 is 5.73 Å². The van der Waals surface area contributed by atoms with Crippen LogP contribution in [-0.2, 0) is 0 Å². The summed E-state index contributed by atoms with van der Waals surface area (Å²) in [6.45, 7) is 1.74. The van der Waals surface area contributed by atoms with Crippen LogP contribution in [0.15, 0.2) is 42.5 Å². The molecule has 0 aliphatic carbocycles. The van der Waals surface area contributed by atoms with E-state index in [4.69, 9.17) is 5.73 Å². The zero-order chi connectivity index (χ0) is 12.4. The lowest BCUT2D eigenvalue weighted by atomic mass is 9.99. The molecule has 0 spiro atoms. The fourth-order valence-electron chi connectivity index (χ4n) is 1.70. The molecule has 2 aromatic carbocycles. The summed E-state index contributed by atoms with van der Waals surface area (Å²) >= 11 is 0. The molecule has 0 bridgehead atoms. The van der Waals surface area contributed by atoms with Crippen LogP contribution < -0.4 is 5.73 Å². The van der Waals surface area contributed by atoms with Gasteiger partial charge in [-0.1, -0.05) is 30.3 Å². The van der Waals surface area contributed by atoms with Crippen molar-refractivity contribution in [3.05, 3.63) is 59.7 Å². The highest BCUT2D eigenvalue weighted by molar-refractivity contribution is 5.65. The fraction of sp³-hybridized carbons (Fsp3) is 0.143. The molecule has 2 rings (SSSR count). The van der Waals surface area contributed by atoms with Crippen molar-refractivity contribution in [3.8, 4) is 11.1 Å². The Balaban J connectivity index is 2.61. The van der Waals surface area contributed by atoms with Crippen LogP contribution in [0, 0.1) is 11.6 Å². The third kappa shape index (κ3) is 2.34. The van der Waals surface area contributed by atoms with Crippen LogP contribution in [0.4, 0.5) is 8.78 Å². The van der Waals surface area contributed by atoms with Gasteiger partial charge in [0.1, 0.15) is 0 Å². The number of hydrogen-bond donors (Lipinski definition) is 1. The van der Waals surface area contributed by atoms with Gasteiger partial charge in [-0.3, -0.25) is 0 Å². The second kappa shape index (κ2) is 4.63. The minimum absolute atomic E-state index is 0.248. The molecule has 0 radical (unpaired) electrons. The van der Waals surface area contributed by atoms with E-state index in [1.807, 2.05) is 6.07 Å². The number of nitrogens with two attached hydrogens (primary N) is 1. The SMILES string of the molecule is CC(N)c1cc(F)c(F)c(-c2ccccc2)c1. The van der Waals surface area contributed by atoms with Gasteiger partial charge in [0.05, 0.1) is 0 Å². The first kappa shape index (κ1) is 11.7. The second-order valence-corrected chi connectivity index (χ2v) is 4.02. The molecule has 0 aromatic heterocycles. The van der Waals surface area contributed by atoms with Crippen LogP contribution in [0.1, 0.15) is 18.5 Å². The predicted octanol–water partition coefficient (Wildman–Crippen LogP) is 3.65. The van der Waals surface area contributed by atoms with E-state index in [9.17, 15) is 8.78 Å². The van der Waals surface area contributed by atoms with Crippen LogP contribution >= 0.6 is 0 Å². The molecule has 0 fully saturated rings. The summed E-state index contributed by atoms with van der Waals surface area (Å²) < 4.78 is 27.2. The van der Waals surface area contributed by atoms with E-state index in [-0.39, 0.29) is 11.6 Å². The molecule has 0 saturated carbocycles. The normalized spacial score (nSPS) is 12.5. The maximum absolute atomic E-state index is 13.7. The van der Waals surface area contributed by atoms with Crippen LogP contribution in [0.2, 0.25) is 0 Å². The van der Waals surface area contributed by atoms with Crippen LogP contribution in [0.5, 0.6) is 0 Å². The molecule has 1 unspecified atom stereocenters. The van der Waals surface area contributed by atoms with E-state index >= 15 is 0 Å². The van der Waals surface area contributed by atoms with Gasteiger partial charge in [0, 0.05) is 11.6 Å². The van der Waals surface area contributed by atoms with E-state index < -0.39 is 11.6 Å². The molecule has 0 saturated heterocycles. The predicted molar refractivity (Wildman–Crippen MR) is 64.4 cm³/mol. The topological polar surface area (TPSA) is 26.0 Å². The van der Waals surface area contributed by atoms with Crippen molar-refractivity contribution in [3.63, 3.8) is 0 Å². The number of hydrogen-bond acceptors (Lipinski definition) is 1. The molecule has 1 nitrogen and oxygen atoms in total. The van der Waals surface area contributed by atoms with Crippen molar-refractivity contribution in [1.29, 1.82) is 0 Å². The number of halogens is 2. The standard InChI is InChI=1S/C14H13F2N/c1-9(17)11-7-12(14(16)13(15)8-11)10-5-3-2-4-6-10/h2-9H,17H2,1H3. The highest BCUT2D eigenvalue weighted by Gasteiger charge is 2.13. The van der Waals surface area contributed by atoms with Crippen LogP contribution in [0.3, 0.4) is 0 Å². The van der Waals surface area contributed by atoms with Gasteiger partial charge in [0.2, 0.25) is 0 Å². The van der Waals surface area contributed by atoms with Gasteiger partial charge in [-0.05, 0) is 30.2 Å². The highest BCUT2D eigenvalue weighted by Crippen LogP contribution is 2.27. The summed E-state index contributed by atoms with van der Waals surface area (Å²) in [5, 5.41) is 0. The lowest BCUT2D eigenvalue weighted by Crippen LogP contribution is -2.06. The van der Waals surface area contributed by atoms with Gasteiger partial charge in [0.15, 0.2) is 11.6 Å². The van der Waals surface area contributed by atoms with E-state index in [0.717, 1.165) is 6.07 Å². The lowest BCUT2D eigenvalue weighted by Gasteiger charge is -2.10. The Morgan fingerprint density at radius 3 is 2.29 bits per heavy atom. The van der Waals surface area contributed by atoms with Crippen LogP contribution in [0.25, 0.3) is 11.1 Å². The minimum Gasteiger partial charge on any atom is -0.324 e. The summed E-state index contributed by atoms with van der Waals surface area (Å²) in [7, 11) is 0. The highest BCUT2D eigenvalue weighted by atomic mass is 19.2. The number of rotatable bonds is 2. The third-order valence-corrected chi connectivity index (χ3v) is 2.66. The largest absolute Gasteiger partial charge is 0.324 e. The van der Waals surface area contributed by atoms with Crippen molar-refractivity contribution in [2.24, 2.45) is 5.73 Å². The van der Waals surface area contributed by atoms with E-state index in [2.05, 4.69) is 0 Å². The summed E-state index contributed by atoms with van der Waals surface area (Å²) in [5.74, 6) is -1.70. The van der Waals surface area contributed by atoms with Crippen molar-refractivity contribution in [2.75, 3.05) is 0 Å². The molecule has 2 aromatic rings. The summed E-state index contributed by atoms with van der Waals surface area (Å²) in [6.07, 6.45) is 0. The molecule has 0 aliphatic heterocycles. The van der Waals surface area contributed by atoms with Gasteiger partial charge in [0.25, 0.3) is 0 Å². The molecule has 88 valence electrons. The Kier molecular flexibility index (Phi) is 3.20. The zero-order valence-electron chi connectivity index (χ0n) is 9.45. The first-order chi connectivity index (χ1) is 8.09. The average molecular weight is 233 g/mol. The Hall–Kier alpha value is -1.74. The molecule has 0 amide bonds. The first-order valence-corrected chi connectivity index (χ1v) is 5.39. The summed E-state index contributed by atoms with van der Waals surface area (Å²) in [5.41, 5.74) is 7.17. The molecular weight excluding hydrogens is 220 g/mol. The second-order valence-electron chi connectivity index (χ2n) is 4.02. The monoisotopic (exact) mass is 233 g/mol. The molecule has 2 N–H and O–H groups in total. The average Bonchev–Trinajstić information content (AvgIpc) is 2.33. The fourth-order valence-corrected chi connectivity index (χ4v) is 1.70. The smallest absolute Gasteiger partial charge is 0.166 e. The molecule has 0 heterocycles. The van der Waals surface area contributed by atoms with Crippen LogP contribution in [-0.4, -0.2) is 0 Å². The number of benzene rings is 2. The van der Waals surface area contributed by atoms with Gasteiger partial charge in [-0.15, -0.1) is 0 Å². The minimum atomic E-state index is -0.862. The van der Waals surface area contributed by atoms with Gasteiger partial charge >= 0.3 is 0 Å². The first-order valence-electron chi connectivity index (χ1n) is 5.39. The molecule has 1 atom stereocenters. The van der Waals surface area contributed by atoms with Crippen molar-refractivity contribution >= 4 is 0 Å². The zero-order valence-corrected chi connectivity index (χ0v) is 9.45. The molecule has 17 heavy (non-hydrogen) atoms. The van der Waals surface area contributed by atoms with Crippen molar-refractivity contribution < 1.29 is 8.78 Å². The molecule has 0 aliphatic rings. The van der Waals surface area contributed by atoms with E-state index in [1.54, 1.807) is 37.3 Å². The summed E-state index contributed by atoms with van der Waals surface area (Å²) in [4.78, 5) is 0. The van der Waals surface area contributed by atoms with E-state index in [1.165, 1.54) is 0 Å². The van der Waals surface area contributed by atoms with Crippen molar-refractivity contribution in [2.45, 2.75) is 13.0 Å². The Morgan fingerprint density at radius 1 is 1.06 bits per heavy atom. The lowest BCUT2D eigenvalue weighted by molar-refractivity contribution is 0.508. The Morgan fingerprint density at radius 2 is 1.71 bits per heavy atom. The van der Waals surface area contributed by atoms with Gasteiger partial charge in [-0.2, -0.15) is 0 Å². The maximum atomic E-state index is 13.7. The van der Waals surface area contributed by atoms with E-state index in [0.29, 0.717) is 11.1 Å². The third-order valence-electron chi connectivity index (χ3n) is 2.66. The van der Waals surface area contributed by atoms with Crippen molar-refractivity contribution in [1.82, 2.24) is 0 Å². The Labute approximate surface area is 98.9 Å². The Bertz CT molecular complexity index is 521. The van der Waals surface area contributed by atoms with Gasteiger partial charge in [-0.25, -0.2) is 8.78 Å². The molecule has 3 heteroatoms. The molecular formula is C14H13F2N. The summed E-state index contributed by atoms with van der Waals surface area (Å²) in [6, 6.07) is 11.3. The quantitative estimate of drug-likeness (QED) is 0.841.